The molecule has 0 aliphatic heterocycles. The zero-order chi connectivity index (χ0) is 20.0. The van der Waals surface area contributed by atoms with Crippen LogP contribution in [0.15, 0.2) is 36.5 Å². The molecule has 27 heavy (non-hydrogen) atoms. The Kier molecular flexibility index (Phi) is 11.4. The highest BCUT2D eigenvalue weighted by Crippen LogP contribution is 2.27. The molecule has 0 aromatic rings. The summed E-state index contributed by atoms with van der Waals surface area (Å²) in [5, 5.41) is 38.6. The van der Waals surface area contributed by atoms with Crippen LogP contribution in [0.3, 0.4) is 0 Å². The van der Waals surface area contributed by atoms with Gasteiger partial charge in [0, 0.05) is 6.42 Å². The van der Waals surface area contributed by atoms with Gasteiger partial charge in [0.1, 0.15) is 0 Å². The molecule has 0 spiro atoms. The molecular weight excluding hydrogens is 344 g/mol. The molecule has 0 aromatic heterocycles. The van der Waals surface area contributed by atoms with Crippen molar-refractivity contribution in [3.63, 3.8) is 0 Å². The fourth-order valence-corrected chi connectivity index (χ4v) is 3.02. The number of rotatable bonds is 8. The van der Waals surface area contributed by atoms with Gasteiger partial charge in [-0.25, -0.2) is 0 Å². The van der Waals surface area contributed by atoms with Gasteiger partial charge in [-0.2, -0.15) is 0 Å². The number of aliphatic hydroxyl groups is 3. The molecule has 1 aliphatic carbocycles. The summed E-state index contributed by atoms with van der Waals surface area (Å²) in [6, 6.07) is 0. The van der Waals surface area contributed by atoms with Gasteiger partial charge in [-0.1, -0.05) is 62.2 Å². The molecule has 0 aromatic carbocycles. The lowest BCUT2D eigenvalue weighted by Crippen LogP contribution is -2.26. The monoisotopic (exact) mass is 376 g/mol. The summed E-state index contributed by atoms with van der Waals surface area (Å²) in [6.07, 6.45) is 15.6. The third-order valence-electron chi connectivity index (χ3n) is 4.66. The summed E-state index contributed by atoms with van der Waals surface area (Å²) in [5.41, 5.74) is -0.737. The molecule has 4 N–H and O–H groups in total. The first-order valence-corrected chi connectivity index (χ1v) is 9.75. The van der Waals surface area contributed by atoms with Crippen LogP contribution >= 0.6 is 0 Å². The van der Waals surface area contributed by atoms with Gasteiger partial charge >= 0.3 is 5.97 Å². The number of hydrogen-bond donors (Lipinski definition) is 4. The first kappa shape index (κ1) is 23.2. The number of aliphatic hydroxyl groups excluding tert-OH is 2. The van der Waals surface area contributed by atoms with Crippen molar-refractivity contribution in [2.75, 3.05) is 0 Å². The third-order valence-corrected chi connectivity index (χ3v) is 4.66. The molecule has 0 unspecified atom stereocenters. The zero-order valence-electron chi connectivity index (χ0n) is 15.9. The molecule has 5 heteroatoms. The number of carboxylic acids is 1. The van der Waals surface area contributed by atoms with Crippen LogP contribution in [0.5, 0.6) is 0 Å². The summed E-state index contributed by atoms with van der Waals surface area (Å²) in [7, 11) is 0. The summed E-state index contributed by atoms with van der Waals surface area (Å²) >= 11 is 0. The Bertz CT molecular complexity index is 571. The molecule has 1 aliphatic rings. The van der Waals surface area contributed by atoms with E-state index in [-0.39, 0.29) is 12.8 Å². The van der Waals surface area contributed by atoms with Gasteiger partial charge < -0.3 is 20.4 Å². The van der Waals surface area contributed by atoms with E-state index in [1.165, 1.54) is 25.3 Å². The van der Waals surface area contributed by atoms with Crippen LogP contribution in [-0.2, 0) is 4.79 Å². The first-order chi connectivity index (χ1) is 12.9. The molecule has 150 valence electrons. The Labute approximate surface area is 162 Å². The fourth-order valence-electron chi connectivity index (χ4n) is 3.02. The first-order valence-electron chi connectivity index (χ1n) is 9.75. The van der Waals surface area contributed by atoms with E-state index >= 15 is 0 Å². The predicted octanol–water partition coefficient (Wildman–Crippen LogP) is 3.11. The topological polar surface area (TPSA) is 98.0 Å². The van der Waals surface area contributed by atoms with E-state index in [9.17, 15) is 20.1 Å². The molecule has 1 saturated carbocycles. The lowest BCUT2D eigenvalue weighted by atomic mass is 9.87. The van der Waals surface area contributed by atoms with Crippen LogP contribution in [0.2, 0.25) is 0 Å². The molecule has 2 atom stereocenters. The van der Waals surface area contributed by atoms with Crippen LogP contribution in [0.25, 0.3) is 0 Å². The Balaban J connectivity index is 2.35. The normalized spacial score (nSPS) is 20.1. The summed E-state index contributed by atoms with van der Waals surface area (Å²) in [5.74, 6) is 4.78. The molecule has 0 amide bonds. The maximum Gasteiger partial charge on any atom is 0.303 e. The van der Waals surface area contributed by atoms with E-state index in [1.54, 1.807) is 30.4 Å². The SMILES string of the molecule is O=C(O)CCC[C@H](O)[C@H](O)/C=C/C=C/C#C/C=C/C1(O)CCCCCCC1. The Hall–Kier alpha value is -1.87. The largest absolute Gasteiger partial charge is 0.481 e. The molecule has 0 bridgehead atoms. The van der Waals surface area contributed by atoms with E-state index in [0.29, 0.717) is 6.42 Å². The van der Waals surface area contributed by atoms with Gasteiger partial charge in [0.25, 0.3) is 0 Å². The number of allylic oxidation sites excluding steroid dienone is 4. The highest BCUT2D eigenvalue weighted by atomic mass is 16.4. The second-order valence-electron chi connectivity index (χ2n) is 7.08. The molecule has 0 radical (unpaired) electrons. The highest BCUT2D eigenvalue weighted by Gasteiger charge is 2.23. The van der Waals surface area contributed by atoms with Crippen molar-refractivity contribution in [2.24, 2.45) is 0 Å². The number of hydrogen-bond acceptors (Lipinski definition) is 4. The lowest BCUT2D eigenvalue weighted by molar-refractivity contribution is -0.137. The molecule has 0 saturated heterocycles. The molecule has 1 rings (SSSR count). The maximum absolute atomic E-state index is 10.6. The molecule has 0 heterocycles. The second-order valence-corrected chi connectivity index (χ2v) is 7.08. The van der Waals surface area contributed by atoms with Gasteiger partial charge in [0.15, 0.2) is 0 Å². The zero-order valence-corrected chi connectivity index (χ0v) is 15.9. The van der Waals surface area contributed by atoms with Crippen LogP contribution in [0.4, 0.5) is 0 Å². The minimum atomic E-state index is -1.04. The Morgan fingerprint density at radius 2 is 1.63 bits per heavy atom. The maximum atomic E-state index is 10.6. The predicted molar refractivity (Wildman–Crippen MR) is 106 cm³/mol. The number of carboxylic acid groups (broad SMARTS) is 1. The minimum Gasteiger partial charge on any atom is -0.481 e. The average molecular weight is 376 g/mol. The van der Waals surface area contributed by atoms with Crippen molar-refractivity contribution in [3.05, 3.63) is 36.5 Å². The van der Waals surface area contributed by atoms with E-state index < -0.39 is 23.8 Å². The summed E-state index contributed by atoms with van der Waals surface area (Å²) in [4.78, 5) is 10.4. The van der Waals surface area contributed by atoms with Crippen molar-refractivity contribution in [3.8, 4) is 11.8 Å². The standard InChI is InChI=1S/C22H32O5/c23-19(20(24)14-12-15-21(25)26)13-8-4-1-2-5-9-16-22(27)17-10-6-3-7-11-18-22/h1,4,8-9,13,16,19-20,23-24,27H,3,6-7,10-12,14-15,17-18H2,(H,25,26)/b4-1+,13-8+,16-9+/t19-,20+/m1/s1. The van der Waals surface area contributed by atoms with E-state index in [0.717, 1.165) is 25.7 Å². The van der Waals surface area contributed by atoms with Crippen molar-refractivity contribution in [1.29, 1.82) is 0 Å². The average Bonchev–Trinajstić information content (AvgIpc) is 2.60. The van der Waals surface area contributed by atoms with Crippen molar-refractivity contribution in [1.82, 2.24) is 0 Å². The Morgan fingerprint density at radius 1 is 1.00 bits per heavy atom. The van der Waals surface area contributed by atoms with Crippen molar-refractivity contribution in [2.45, 2.75) is 82.0 Å². The van der Waals surface area contributed by atoms with Crippen molar-refractivity contribution < 1.29 is 25.2 Å². The van der Waals surface area contributed by atoms with Gasteiger partial charge in [0.05, 0.1) is 17.8 Å². The third kappa shape index (κ3) is 11.4. The molecule has 1 fully saturated rings. The number of carbonyl (C=O) groups is 1. The second kappa shape index (κ2) is 13.3. The number of aliphatic carboxylic acids is 1. The van der Waals surface area contributed by atoms with Gasteiger partial charge in [0.2, 0.25) is 0 Å². The molecule has 5 nitrogen and oxygen atoms in total. The van der Waals surface area contributed by atoms with Crippen LogP contribution < -0.4 is 0 Å². The van der Waals surface area contributed by atoms with Gasteiger partial charge in [-0.15, -0.1) is 0 Å². The molecular formula is C22H32O5. The van der Waals surface area contributed by atoms with Crippen LogP contribution in [0, 0.1) is 11.8 Å². The van der Waals surface area contributed by atoms with Gasteiger partial charge in [-0.3, -0.25) is 4.79 Å². The summed E-state index contributed by atoms with van der Waals surface area (Å²) < 4.78 is 0. The smallest absolute Gasteiger partial charge is 0.303 e. The van der Waals surface area contributed by atoms with Crippen LogP contribution in [0.1, 0.15) is 64.2 Å². The summed E-state index contributed by atoms with van der Waals surface area (Å²) in [6.45, 7) is 0. The lowest BCUT2D eigenvalue weighted by Gasteiger charge is -2.26. The highest BCUT2D eigenvalue weighted by molar-refractivity contribution is 5.66. The Morgan fingerprint density at radius 3 is 2.30 bits per heavy atom. The minimum absolute atomic E-state index is 0.0222. The van der Waals surface area contributed by atoms with E-state index in [2.05, 4.69) is 11.8 Å². The fraction of sp³-hybridized carbons (Fsp3) is 0.591. The van der Waals surface area contributed by atoms with E-state index in [4.69, 9.17) is 5.11 Å². The van der Waals surface area contributed by atoms with Crippen LogP contribution in [-0.4, -0.2) is 44.2 Å². The van der Waals surface area contributed by atoms with E-state index in [1.807, 2.05) is 0 Å². The van der Waals surface area contributed by atoms with Gasteiger partial charge in [-0.05, 0) is 43.9 Å². The quantitative estimate of drug-likeness (QED) is 0.385. The van der Waals surface area contributed by atoms with Crippen molar-refractivity contribution >= 4 is 5.97 Å².